The van der Waals surface area contributed by atoms with Gasteiger partial charge in [0, 0.05) is 0 Å². The molecule has 3 heteroatoms. The predicted molar refractivity (Wildman–Crippen MR) is 47.7 cm³/mol. The average Bonchev–Trinajstić information content (AvgIpc) is 2.19. The standard InChI is InChI=1S/C10H11O3/c11-9-13-7-6-12-8-10-4-2-1-3-5-10/h1-5H,6-8H2. The van der Waals surface area contributed by atoms with E-state index in [4.69, 9.17) is 4.74 Å². The van der Waals surface area contributed by atoms with Crippen molar-refractivity contribution in [2.75, 3.05) is 13.2 Å². The molecule has 0 saturated carbocycles. The minimum atomic E-state index is 0.260. The van der Waals surface area contributed by atoms with Crippen molar-refractivity contribution in [3.63, 3.8) is 0 Å². The minimum Gasteiger partial charge on any atom is -0.455 e. The topological polar surface area (TPSA) is 35.5 Å². The lowest BCUT2D eigenvalue weighted by Gasteiger charge is -2.02. The molecule has 0 aliphatic carbocycles. The molecule has 69 valence electrons. The van der Waals surface area contributed by atoms with Gasteiger partial charge in [-0.25, -0.2) is 4.79 Å². The fourth-order valence-electron chi connectivity index (χ4n) is 0.907. The summed E-state index contributed by atoms with van der Waals surface area (Å²) in [5.74, 6) is 0. The van der Waals surface area contributed by atoms with Crippen LogP contribution in [0.4, 0.5) is 0 Å². The lowest BCUT2D eigenvalue weighted by Crippen LogP contribution is -2.02. The number of hydrogen-bond donors (Lipinski definition) is 0. The summed E-state index contributed by atoms with van der Waals surface area (Å²) in [7, 11) is 0. The molecule has 0 heterocycles. The lowest BCUT2D eigenvalue weighted by molar-refractivity contribution is 0.0839. The van der Waals surface area contributed by atoms with Crippen LogP contribution in [0.25, 0.3) is 0 Å². The first-order valence-corrected chi connectivity index (χ1v) is 4.04. The van der Waals surface area contributed by atoms with Crippen LogP contribution < -0.4 is 0 Å². The fourth-order valence-corrected chi connectivity index (χ4v) is 0.907. The van der Waals surface area contributed by atoms with E-state index >= 15 is 0 Å². The van der Waals surface area contributed by atoms with E-state index in [0.29, 0.717) is 13.2 Å². The summed E-state index contributed by atoms with van der Waals surface area (Å²) in [6.07, 6.45) is 0. The van der Waals surface area contributed by atoms with Gasteiger partial charge in [0.05, 0.1) is 13.2 Å². The van der Waals surface area contributed by atoms with Crippen LogP contribution in [-0.2, 0) is 20.9 Å². The molecule has 0 fully saturated rings. The van der Waals surface area contributed by atoms with Gasteiger partial charge in [0.15, 0.2) is 0 Å². The second kappa shape index (κ2) is 6.20. The maximum atomic E-state index is 9.64. The van der Waals surface area contributed by atoms with E-state index in [9.17, 15) is 4.79 Å². The van der Waals surface area contributed by atoms with Crippen molar-refractivity contribution in [1.82, 2.24) is 0 Å². The van der Waals surface area contributed by atoms with Crippen LogP contribution in [0.2, 0.25) is 0 Å². The van der Waals surface area contributed by atoms with Gasteiger partial charge in [-0.05, 0) is 5.56 Å². The molecular weight excluding hydrogens is 168 g/mol. The lowest BCUT2D eigenvalue weighted by atomic mass is 10.2. The zero-order valence-corrected chi connectivity index (χ0v) is 7.23. The third-order valence-corrected chi connectivity index (χ3v) is 1.50. The first-order chi connectivity index (χ1) is 6.43. The third-order valence-electron chi connectivity index (χ3n) is 1.50. The predicted octanol–water partition coefficient (Wildman–Crippen LogP) is 1.29. The van der Waals surface area contributed by atoms with Gasteiger partial charge >= 0.3 is 6.47 Å². The summed E-state index contributed by atoms with van der Waals surface area (Å²) in [5.41, 5.74) is 1.11. The molecule has 13 heavy (non-hydrogen) atoms. The molecule has 0 N–H and O–H groups in total. The molecule has 0 aliphatic heterocycles. The molecule has 0 bridgehead atoms. The monoisotopic (exact) mass is 179 g/mol. The van der Waals surface area contributed by atoms with Gasteiger partial charge in [-0.1, -0.05) is 30.3 Å². The van der Waals surface area contributed by atoms with Gasteiger partial charge < -0.3 is 9.47 Å². The van der Waals surface area contributed by atoms with Crippen LogP contribution >= 0.6 is 0 Å². The molecule has 1 aromatic carbocycles. The van der Waals surface area contributed by atoms with Gasteiger partial charge in [0.25, 0.3) is 0 Å². The molecule has 1 rings (SSSR count). The Labute approximate surface area is 77.3 Å². The minimum absolute atomic E-state index is 0.260. The molecule has 1 radical (unpaired) electrons. The van der Waals surface area contributed by atoms with E-state index in [-0.39, 0.29) is 6.61 Å². The fraction of sp³-hybridized carbons (Fsp3) is 0.300. The van der Waals surface area contributed by atoms with Crippen LogP contribution in [0.15, 0.2) is 30.3 Å². The van der Waals surface area contributed by atoms with Crippen molar-refractivity contribution < 1.29 is 14.3 Å². The van der Waals surface area contributed by atoms with Gasteiger partial charge in [-0.15, -0.1) is 0 Å². The van der Waals surface area contributed by atoms with Crippen LogP contribution in [0.5, 0.6) is 0 Å². The van der Waals surface area contributed by atoms with Gasteiger partial charge in [-0.2, -0.15) is 0 Å². The van der Waals surface area contributed by atoms with E-state index in [1.165, 1.54) is 6.47 Å². The Morgan fingerprint density at radius 2 is 1.92 bits per heavy atom. The van der Waals surface area contributed by atoms with Crippen LogP contribution in [0.3, 0.4) is 0 Å². The number of ether oxygens (including phenoxy) is 2. The quantitative estimate of drug-likeness (QED) is 0.617. The van der Waals surface area contributed by atoms with Gasteiger partial charge in [0.2, 0.25) is 0 Å². The summed E-state index contributed by atoms with van der Waals surface area (Å²) in [5, 5.41) is 0. The molecule has 0 atom stereocenters. The Hall–Kier alpha value is -1.35. The average molecular weight is 179 g/mol. The van der Waals surface area contributed by atoms with Crippen LogP contribution in [0.1, 0.15) is 5.56 Å². The smallest absolute Gasteiger partial charge is 0.417 e. The Morgan fingerprint density at radius 3 is 2.62 bits per heavy atom. The molecule has 0 saturated heterocycles. The van der Waals surface area contributed by atoms with E-state index in [1.807, 2.05) is 30.3 Å². The Morgan fingerprint density at radius 1 is 1.15 bits per heavy atom. The van der Waals surface area contributed by atoms with Crippen molar-refractivity contribution in [3.8, 4) is 0 Å². The first-order valence-electron chi connectivity index (χ1n) is 4.04. The molecule has 0 amide bonds. The van der Waals surface area contributed by atoms with Crippen LogP contribution in [-0.4, -0.2) is 19.7 Å². The van der Waals surface area contributed by atoms with E-state index in [2.05, 4.69) is 4.74 Å². The number of rotatable bonds is 6. The normalized spacial score (nSPS) is 9.54. The van der Waals surface area contributed by atoms with E-state index < -0.39 is 0 Å². The van der Waals surface area contributed by atoms with Gasteiger partial charge in [-0.3, -0.25) is 0 Å². The number of benzene rings is 1. The van der Waals surface area contributed by atoms with Crippen molar-refractivity contribution in [2.24, 2.45) is 0 Å². The molecule has 1 aromatic rings. The Balaban J connectivity index is 2.10. The highest BCUT2D eigenvalue weighted by Gasteiger charge is 1.91. The second-order valence-electron chi connectivity index (χ2n) is 2.47. The largest absolute Gasteiger partial charge is 0.455 e. The number of carbonyl (C=O) groups excluding carboxylic acids is 1. The SMILES string of the molecule is O=[C]OCCOCc1ccccc1. The van der Waals surface area contributed by atoms with Crippen molar-refractivity contribution >= 4 is 6.47 Å². The van der Waals surface area contributed by atoms with Crippen molar-refractivity contribution in [1.29, 1.82) is 0 Å². The number of hydrogen-bond acceptors (Lipinski definition) is 3. The van der Waals surface area contributed by atoms with Gasteiger partial charge in [0.1, 0.15) is 6.61 Å². The maximum absolute atomic E-state index is 9.64. The second-order valence-corrected chi connectivity index (χ2v) is 2.47. The molecule has 0 spiro atoms. The summed E-state index contributed by atoms with van der Waals surface area (Å²) >= 11 is 0. The Kier molecular flexibility index (Phi) is 4.64. The summed E-state index contributed by atoms with van der Waals surface area (Å²) in [6.45, 7) is 2.55. The molecule has 0 aliphatic rings. The molecular formula is C10H11O3. The third kappa shape index (κ3) is 4.28. The van der Waals surface area contributed by atoms with Crippen molar-refractivity contribution in [2.45, 2.75) is 6.61 Å². The maximum Gasteiger partial charge on any atom is 0.417 e. The highest BCUT2D eigenvalue weighted by Crippen LogP contribution is 1.99. The summed E-state index contributed by atoms with van der Waals surface area (Å²) < 4.78 is 9.56. The molecule has 3 nitrogen and oxygen atoms in total. The molecule has 0 unspecified atom stereocenters. The first kappa shape index (κ1) is 9.74. The highest BCUT2D eigenvalue weighted by atomic mass is 16.5. The Bertz CT molecular complexity index is 233. The summed E-state index contributed by atoms with van der Waals surface area (Å²) in [4.78, 5) is 9.64. The van der Waals surface area contributed by atoms with Crippen LogP contribution in [0, 0.1) is 0 Å². The zero-order chi connectivity index (χ0) is 9.36. The molecule has 0 aromatic heterocycles. The zero-order valence-electron chi connectivity index (χ0n) is 7.23. The highest BCUT2D eigenvalue weighted by molar-refractivity contribution is 5.38. The summed E-state index contributed by atoms with van der Waals surface area (Å²) in [6, 6.07) is 9.82. The van der Waals surface area contributed by atoms with E-state index in [0.717, 1.165) is 5.56 Å². The van der Waals surface area contributed by atoms with E-state index in [1.54, 1.807) is 0 Å². The van der Waals surface area contributed by atoms with Crippen molar-refractivity contribution in [3.05, 3.63) is 35.9 Å².